The highest BCUT2D eigenvalue weighted by atomic mass is 31.3. The number of H-pyrrole nitrogens is 1. The van der Waals surface area contributed by atoms with Crippen LogP contribution in [0.4, 0.5) is 0 Å². The van der Waals surface area contributed by atoms with E-state index in [1.54, 1.807) is 6.92 Å². The van der Waals surface area contributed by atoms with Crippen LogP contribution < -0.4 is 11.2 Å². The van der Waals surface area contributed by atoms with Crippen molar-refractivity contribution in [2.45, 2.75) is 50.4 Å². The number of hydrogen-bond acceptors (Lipinski definition) is 11. The summed E-state index contributed by atoms with van der Waals surface area (Å²) in [6.45, 7) is 2.06. The van der Waals surface area contributed by atoms with Crippen molar-refractivity contribution >= 4 is 23.5 Å². The molecule has 2 saturated heterocycles. The lowest BCUT2D eigenvalue weighted by Gasteiger charge is -2.38. The van der Waals surface area contributed by atoms with Crippen molar-refractivity contribution in [2.24, 2.45) is 0 Å². The van der Waals surface area contributed by atoms with Gasteiger partial charge in [-0.2, -0.15) is 8.62 Å². The summed E-state index contributed by atoms with van der Waals surface area (Å²) in [6, 6.07) is 0. The van der Waals surface area contributed by atoms with E-state index in [2.05, 4.69) is 18.1 Å². The van der Waals surface area contributed by atoms with Crippen molar-refractivity contribution in [1.82, 2.24) is 9.55 Å². The molecule has 7 atom stereocenters. The second-order valence-electron chi connectivity index (χ2n) is 7.48. The van der Waals surface area contributed by atoms with Crippen molar-refractivity contribution in [1.29, 1.82) is 0 Å². The Morgan fingerprint density at radius 1 is 1.18 bits per heavy atom. The van der Waals surface area contributed by atoms with Crippen molar-refractivity contribution in [3.8, 4) is 0 Å². The van der Waals surface area contributed by atoms with E-state index in [1.165, 1.54) is 13.1 Å². The Labute approximate surface area is 184 Å². The second kappa shape index (κ2) is 8.88. The van der Waals surface area contributed by atoms with Gasteiger partial charge < -0.3 is 34.2 Å². The van der Waals surface area contributed by atoms with Gasteiger partial charge in [0.1, 0.15) is 17.8 Å². The van der Waals surface area contributed by atoms with Gasteiger partial charge in [-0.1, -0.05) is 0 Å². The van der Waals surface area contributed by atoms with Crippen LogP contribution in [0.15, 0.2) is 15.8 Å². The first-order chi connectivity index (χ1) is 14.9. The predicted octanol–water partition coefficient (Wildman–Crippen LogP) is -1.01. The molecule has 3 rings (SSSR count). The zero-order chi connectivity index (χ0) is 25.0. The van der Waals surface area contributed by atoms with Crippen LogP contribution >= 0.6 is 23.5 Å². The number of nitrogens with one attached hydrogen (secondary N) is 1. The summed E-state index contributed by atoms with van der Waals surface area (Å²) in [5.41, 5.74) is -3.16. The number of aromatic nitrogens is 2. The molecule has 3 heterocycles. The van der Waals surface area contributed by atoms with Gasteiger partial charge in [-0.15, -0.1) is 0 Å². The standard InChI is InChI=1S/C13H21N2O15P3/c1-6-4-15(12(18)14-10(6)17)11-8-9(16)13(28-11,3-7(2)27-8)5-26-32(22,23)30-33(24,25)29-31(19,20)21/h4,7-9,11,16H,3,5H2,1-2H3,(H,22,23)(H,24,25)(H,14,17,18)(H2,19,20,21). The number of phosphoric ester groups is 1. The van der Waals surface area contributed by atoms with E-state index < -0.39 is 71.5 Å². The molecule has 2 bridgehead atoms. The Morgan fingerprint density at radius 2 is 1.82 bits per heavy atom. The number of ether oxygens (including phenoxy) is 2. The molecule has 0 spiro atoms. The van der Waals surface area contributed by atoms with E-state index in [-0.39, 0.29) is 12.0 Å². The Hall–Kier alpha value is -1.03. The van der Waals surface area contributed by atoms with Gasteiger partial charge in [-0.25, -0.2) is 18.5 Å². The number of phosphoric acid groups is 3. The summed E-state index contributed by atoms with van der Waals surface area (Å²) >= 11 is 0. The normalized spacial score (nSPS) is 33.4. The molecule has 20 heteroatoms. The van der Waals surface area contributed by atoms with Gasteiger partial charge in [-0.05, 0) is 13.8 Å². The van der Waals surface area contributed by atoms with Crippen molar-refractivity contribution in [2.75, 3.05) is 6.61 Å². The fourth-order valence-electron chi connectivity index (χ4n) is 3.61. The van der Waals surface area contributed by atoms with Gasteiger partial charge in [0.2, 0.25) is 0 Å². The van der Waals surface area contributed by atoms with Crippen LogP contribution in [-0.4, -0.2) is 64.8 Å². The van der Waals surface area contributed by atoms with E-state index in [4.69, 9.17) is 19.3 Å². The molecule has 1 aromatic rings. The van der Waals surface area contributed by atoms with Crippen LogP contribution in [0.25, 0.3) is 0 Å². The number of aliphatic hydroxyl groups is 1. The maximum atomic E-state index is 12.3. The molecule has 33 heavy (non-hydrogen) atoms. The zero-order valence-electron chi connectivity index (χ0n) is 16.9. The molecule has 0 aromatic carbocycles. The van der Waals surface area contributed by atoms with Gasteiger partial charge >= 0.3 is 29.2 Å². The molecular formula is C13H21N2O15P3. The third-order valence-electron chi connectivity index (χ3n) is 4.82. The molecule has 0 aliphatic carbocycles. The lowest BCUT2D eigenvalue weighted by molar-refractivity contribution is -0.159. The van der Waals surface area contributed by atoms with E-state index in [1.807, 2.05) is 0 Å². The van der Waals surface area contributed by atoms with Crippen LogP contribution in [0.3, 0.4) is 0 Å². The number of hydrogen-bond donors (Lipinski definition) is 6. The van der Waals surface area contributed by atoms with Gasteiger partial charge in [0.25, 0.3) is 5.56 Å². The lowest BCUT2D eigenvalue weighted by Crippen LogP contribution is -2.54. The van der Waals surface area contributed by atoms with E-state index in [0.29, 0.717) is 0 Å². The molecule has 0 saturated carbocycles. The maximum Gasteiger partial charge on any atom is 0.490 e. The second-order valence-corrected chi connectivity index (χ2v) is 11.9. The summed E-state index contributed by atoms with van der Waals surface area (Å²) < 4.78 is 58.6. The number of aromatic amines is 1. The summed E-state index contributed by atoms with van der Waals surface area (Å²) in [7, 11) is -16.8. The fourth-order valence-corrected chi connectivity index (χ4v) is 6.68. The highest BCUT2D eigenvalue weighted by molar-refractivity contribution is 7.66. The Morgan fingerprint density at radius 3 is 2.42 bits per heavy atom. The zero-order valence-corrected chi connectivity index (χ0v) is 19.6. The molecule has 0 amide bonds. The first-order valence-electron chi connectivity index (χ1n) is 9.05. The minimum absolute atomic E-state index is 0.131. The molecular weight excluding hydrogens is 517 g/mol. The molecule has 0 radical (unpaired) electrons. The molecule has 1 aromatic heterocycles. The molecule has 2 aliphatic heterocycles. The van der Waals surface area contributed by atoms with Crippen molar-refractivity contribution < 1.29 is 61.0 Å². The van der Waals surface area contributed by atoms with E-state index in [0.717, 1.165) is 4.57 Å². The third-order valence-corrected chi connectivity index (χ3v) is 8.60. The molecule has 188 valence electrons. The minimum atomic E-state index is -5.74. The quantitative estimate of drug-likeness (QED) is 0.217. The first kappa shape index (κ1) is 26.6. The first-order valence-corrected chi connectivity index (χ1v) is 13.6. The largest absolute Gasteiger partial charge is 0.490 e. The summed E-state index contributed by atoms with van der Waals surface area (Å²) in [4.78, 5) is 62.1. The van der Waals surface area contributed by atoms with Gasteiger partial charge in [0.05, 0.1) is 12.7 Å². The smallest absolute Gasteiger partial charge is 0.387 e. The number of aryl methyl sites for hydroxylation is 1. The predicted molar refractivity (Wildman–Crippen MR) is 104 cm³/mol. The number of rotatable bonds is 8. The van der Waals surface area contributed by atoms with Gasteiger partial charge in [0, 0.05) is 18.2 Å². The monoisotopic (exact) mass is 538 g/mol. The molecule has 7 unspecified atom stereocenters. The van der Waals surface area contributed by atoms with Crippen LogP contribution in [0.1, 0.15) is 25.1 Å². The van der Waals surface area contributed by atoms with Crippen LogP contribution in [0, 0.1) is 6.92 Å². The molecule has 2 aliphatic rings. The molecule has 17 nitrogen and oxygen atoms in total. The topological polar surface area (TPSA) is 253 Å². The number of nitrogens with zero attached hydrogens (tertiary/aromatic N) is 1. The summed E-state index contributed by atoms with van der Waals surface area (Å²) in [5, 5.41) is 10.7. The van der Waals surface area contributed by atoms with E-state index >= 15 is 0 Å². The summed E-state index contributed by atoms with van der Waals surface area (Å²) in [6.07, 6.45) is -3.59. The van der Waals surface area contributed by atoms with Crippen molar-refractivity contribution in [3.63, 3.8) is 0 Å². The summed E-state index contributed by atoms with van der Waals surface area (Å²) in [5.74, 6) is 0. The maximum absolute atomic E-state index is 12.3. The number of aliphatic hydroxyl groups excluding tert-OH is 1. The lowest BCUT2D eigenvalue weighted by atomic mass is 9.87. The van der Waals surface area contributed by atoms with Gasteiger partial charge in [0.15, 0.2) is 6.23 Å². The third kappa shape index (κ3) is 5.97. The van der Waals surface area contributed by atoms with Crippen LogP contribution in [-0.2, 0) is 36.3 Å². The van der Waals surface area contributed by atoms with E-state index in [9.17, 15) is 38.2 Å². The number of fused-ring (bicyclic) bond motifs is 2. The van der Waals surface area contributed by atoms with Gasteiger partial charge in [-0.3, -0.25) is 18.9 Å². The average molecular weight is 538 g/mol. The Kier molecular flexibility index (Phi) is 7.15. The molecule has 6 N–H and O–H groups in total. The molecule has 2 fully saturated rings. The van der Waals surface area contributed by atoms with Crippen LogP contribution in [0.5, 0.6) is 0 Å². The average Bonchev–Trinajstić information content (AvgIpc) is 2.77. The Balaban J connectivity index is 1.84. The highest BCUT2D eigenvalue weighted by Crippen LogP contribution is 2.66. The minimum Gasteiger partial charge on any atom is -0.387 e. The van der Waals surface area contributed by atoms with Crippen LogP contribution in [0.2, 0.25) is 0 Å². The van der Waals surface area contributed by atoms with Crippen molar-refractivity contribution in [3.05, 3.63) is 32.6 Å². The SMILES string of the molecule is Cc1cn(C2OC3(COP(=O)(O)OP(=O)(O)OP(=O)(O)O)CC(C)OC2C3O)c(=O)[nH]c1=O. The highest BCUT2D eigenvalue weighted by Gasteiger charge is 2.61. The fraction of sp³-hybridized carbons (Fsp3) is 0.692. The Bertz CT molecular complexity index is 1170.